The molecule has 1 heterocycles. The Balaban J connectivity index is 2.87. The number of anilines is 1. The van der Waals surface area contributed by atoms with Crippen LogP contribution in [0.15, 0.2) is 6.07 Å². The number of sulfonamides is 1. The first kappa shape index (κ1) is 12.5. The highest BCUT2D eigenvalue weighted by Crippen LogP contribution is 2.22. The van der Waals surface area contributed by atoms with E-state index in [-0.39, 0.29) is 10.1 Å². The van der Waals surface area contributed by atoms with Crippen LogP contribution in [-0.4, -0.2) is 23.3 Å². The molecule has 0 saturated heterocycles. The first-order valence-electron chi connectivity index (χ1n) is 4.37. The van der Waals surface area contributed by atoms with Gasteiger partial charge in [-0.25, -0.2) is 8.42 Å². The lowest BCUT2D eigenvalue weighted by Gasteiger charge is -2.14. The van der Waals surface area contributed by atoms with Gasteiger partial charge in [0.05, 0.1) is 0 Å². The van der Waals surface area contributed by atoms with Crippen molar-refractivity contribution in [3.63, 3.8) is 0 Å². The van der Waals surface area contributed by atoms with Crippen LogP contribution in [0.1, 0.15) is 26.5 Å². The lowest BCUT2D eigenvalue weighted by Crippen LogP contribution is -2.13. The minimum atomic E-state index is -3.32. The zero-order chi connectivity index (χ0) is 11.7. The number of nitrogens with one attached hydrogen (secondary N) is 2. The first-order chi connectivity index (χ1) is 6.74. The van der Waals surface area contributed by atoms with Gasteiger partial charge in [0.2, 0.25) is 10.0 Å². The van der Waals surface area contributed by atoms with Crippen LogP contribution in [0.2, 0.25) is 0 Å². The Morgan fingerprint density at radius 3 is 2.53 bits per heavy atom. The molecule has 0 aliphatic carbocycles. The molecule has 0 bridgehead atoms. The average Bonchev–Trinajstić information content (AvgIpc) is 2.51. The molecule has 15 heavy (non-hydrogen) atoms. The van der Waals surface area contributed by atoms with Gasteiger partial charge in [0.25, 0.3) is 0 Å². The van der Waals surface area contributed by atoms with Gasteiger partial charge in [0.15, 0.2) is 5.82 Å². The van der Waals surface area contributed by atoms with Crippen molar-refractivity contribution in [3.8, 4) is 0 Å². The molecule has 5 nitrogen and oxygen atoms in total. The topological polar surface area (TPSA) is 74.8 Å². The summed E-state index contributed by atoms with van der Waals surface area (Å²) in [5.74, 6) is 0.319. The Morgan fingerprint density at radius 2 is 2.13 bits per heavy atom. The van der Waals surface area contributed by atoms with Crippen LogP contribution in [0.25, 0.3) is 0 Å². The summed E-state index contributed by atoms with van der Waals surface area (Å²) < 4.78 is 24.6. The van der Waals surface area contributed by atoms with Gasteiger partial charge in [-0.2, -0.15) is 5.10 Å². The summed E-state index contributed by atoms with van der Waals surface area (Å²) in [6.07, 6.45) is 0. The minimum Gasteiger partial charge on any atom is -0.280 e. The highest BCUT2D eigenvalue weighted by Gasteiger charge is 2.18. The second kappa shape index (κ2) is 4.13. The summed E-state index contributed by atoms with van der Waals surface area (Å²) >= 11 is 2.89. The number of alkyl halides is 1. The van der Waals surface area contributed by atoms with Crippen molar-refractivity contribution in [2.75, 3.05) is 9.38 Å². The molecule has 0 amide bonds. The molecule has 1 aromatic heterocycles. The van der Waals surface area contributed by atoms with Gasteiger partial charge >= 0.3 is 0 Å². The van der Waals surface area contributed by atoms with Gasteiger partial charge in [0.1, 0.15) is 4.66 Å². The molecule has 86 valence electrons. The van der Waals surface area contributed by atoms with Crippen molar-refractivity contribution in [1.29, 1.82) is 0 Å². The van der Waals surface area contributed by atoms with E-state index in [1.165, 1.54) is 0 Å². The van der Waals surface area contributed by atoms with Crippen LogP contribution >= 0.6 is 15.9 Å². The number of halogens is 1. The molecule has 2 N–H and O–H groups in total. The zero-order valence-electron chi connectivity index (χ0n) is 8.83. The Hall–Kier alpha value is -0.560. The molecular formula is C8H14BrN3O2S. The summed E-state index contributed by atoms with van der Waals surface area (Å²) in [6.45, 7) is 6.05. The summed E-state index contributed by atoms with van der Waals surface area (Å²) in [5, 5.41) is 6.68. The quantitative estimate of drug-likeness (QED) is 0.835. The zero-order valence-corrected chi connectivity index (χ0v) is 11.2. The Labute approximate surface area is 97.8 Å². The van der Waals surface area contributed by atoms with E-state index in [1.807, 2.05) is 20.8 Å². The summed E-state index contributed by atoms with van der Waals surface area (Å²) in [7, 11) is -3.32. The van der Waals surface area contributed by atoms with Crippen molar-refractivity contribution in [3.05, 3.63) is 11.8 Å². The van der Waals surface area contributed by atoms with Crippen LogP contribution < -0.4 is 4.72 Å². The standard InChI is InChI=1S/C8H14BrN3O2S/c1-8(2,3)6-4-7(11-10-6)12-15(13,14)5-9/h4H,5H2,1-3H3,(H2,10,11,12). The third kappa shape index (κ3) is 3.49. The lowest BCUT2D eigenvalue weighted by atomic mass is 9.92. The van der Waals surface area contributed by atoms with E-state index >= 15 is 0 Å². The first-order valence-corrected chi connectivity index (χ1v) is 7.14. The molecule has 0 fully saturated rings. The molecule has 0 unspecified atom stereocenters. The van der Waals surface area contributed by atoms with E-state index in [2.05, 4.69) is 30.8 Å². The Bertz CT molecular complexity index is 433. The molecule has 0 aliphatic rings. The molecule has 1 aromatic rings. The van der Waals surface area contributed by atoms with E-state index in [0.717, 1.165) is 5.69 Å². The summed E-state index contributed by atoms with van der Waals surface area (Å²) in [6, 6.07) is 1.69. The molecule has 0 spiro atoms. The average molecular weight is 296 g/mol. The molecule has 0 radical (unpaired) electrons. The van der Waals surface area contributed by atoms with Crippen LogP contribution in [-0.2, 0) is 15.4 Å². The number of nitrogens with zero attached hydrogens (tertiary/aromatic N) is 1. The van der Waals surface area contributed by atoms with E-state index in [1.54, 1.807) is 6.07 Å². The van der Waals surface area contributed by atoms with Crippen molar-refractivity contribution >= 4 is 31.8 Å². The fraction of sp³-hybridized carbons (Fsp3) is 0.625. The molecular weight excluding hydrogens is 282 g/mol. The minimum absolute atomic E-state index is 0.0783. The van der Waals surface area contributed by atoms with E-state index < -0.39 is 10.0 Å². The third-order valence-electron chi connectivity index (χ3n) is 1.79. The molecule has 0 atom stereocenters. The van der Waals surface area contributed by atoms with Crippen molar-refractivity contribution in [2.45, 2.75) is 26.2 Å². The van der Waals surface area contributed by atoms with Crippen LogP contribution in [0, 0.1) is 0 Å². The lowest BCUT2D eigenvalue weighted by molar-refractivity contribution is 0.567. The van der Waals surface area contributed by atoms with E-state index in [0.29, 0.717) is 5.82 Å². The maximum Gasteiger partial charge on any atom is 0.243 e. The maximum atomic E-state index is 11.2. The largest absolute Gasteiger partial charge is 0.280 e. The van der Waals surface area contributed by atoms with Crippen LogP contribution in [0.5, 0.6) is 0 Å². The SMILES string of the molecule is CC(C)(C)c1cc(NS(=O)(=O)CBr)n[nH]1. The monoisotopic (exact) mass is 295 g/mol. The summed E-state index contributed by atoms with van der Waals surface area (Å²) in [4.78, 5) is 0. The van der Waals surface area contributed by atoms with Crippen LogP contribution in [0.3, 0.4) is 0 Å². The van der Waals surface area contributed by atoms with E-state index in [4.69, 9.17) is 0 Å². The second-order valence-electron chi connectivity index (χ2n) is 4.24. The van der Waals surface area contributed by atoms with Crippen molar-refractivity contribution in [1.82, 2.24) is 10.2 Å². The molecule has 7 heteroatoms. The predicted octanol–water partition coefficient (Wildman–Crippen LogP) is 1.80. The third-order valence-corrected chi connectivity index (χ3v) is 4.41. The Morgan fingerprint density at radius 1 is 1.53 bits per heavy atom. The highest BCUT2D eigenvalue weighted by atomic mass is 79.9. The van der Waals surface area contributed by atoms with E-state index in [9.17, 15) is 8.42 Å². The van der Waals surface area contributed by atoms with Gasteiger partial charge in [-0.3, -0.25) is 9.82 Å². The number of hydrogen-bond acceptors (Lipinski definition) is 3. The van der Waals surface area contributed by atoms with Gasteiger partial charge in [0, 0.05) is 17.2 Å². The summed E-state index contributed by atoms with van der Waals surface area (Å²) in [5.41, 5.74) is 0.806. The van der Waals surface area contributed by atoms with Crippen molar-refractivity contribution in [2.24, 2.45) is 0 Å². The molecule has 0 aliphatic heterocycles. The number of hydrogen-bond donors (Lipinski definition) is 2. The molecule has 0 aromatic carbocycles. The normalized spacial score (nSPS) is 12.8. The second-order valence-corrected chi connectivity index (χ2v) is 7.27. The number of H-pyrrole nitrogens is 1. The highest BCUT2D eigenvalue weighted by molar-refractivity contribution is 9.10. The molecule has 1 rings (SSSR count). The fourth-order valence-corrected chi connectivity index (χ4v) is 1.77. The van der Waals surface area contributed by atoms with Crippen molar-refractivity contribution < 1.29 is 8.42 Å². The Kier molecular flexibility index (Phi) is 3.44. The number of rotatable bonds is 3. The number of aromatic amines is 1. The van der Waals surface area contributed by atoms with Crippen LogP contribution in [0.4, 0.5) is 5.82 Å². The van der Waals surface area contributed by atoms with Gasteiger partial charge in [-0.1, -0.05) is 36.7 Å². The van der Waals surface area contributed by atoms with Gasteiger partial charge < -0.3 is 0 Å². The van der Waals surface area contributed by atoms with Gasteiger partial charge in [-0.05, 0) is 0 Å². The fourth-order valence-electron chi connectivity index (χ4n) is 0.945. The molecule has 0 saturated carbocycles. The maximum absolute atomic E-state index is 11.2. The number of aromatic nitrogens is 2. The van der Waals surface area contributed by atoms with Gasteiger partial charge in [-0.15, -0.1) is 0 Å². The predicted molar refractivity (Wildman–Crippen MR) is 63.6 cm³/mol. The smallest absolute Gasteiger partial charge is 0.243 e.